The van der Waals surface area contributed by atoms with Crippen LogP contribution >= 0.6 is 11.6 Å². The van der Waals surface area contributed by atoms with Crippen LogP contribution in [0, 0.1) is 0 Å². The summed E-state index contributed by atoms with van der Waals surface area (Å²) >= 11 is 5.89. The Kier molecular flexibility index (Phi) is 3.71. The van der Waals surface area contributed by atoms with E-state index in [-0.39, 0.29) is 17.1 Å². The van der Waals surface area contributed by atoms with Gasteiger partial charge in [0.15, 0.2) is 0 Å². The molecule has 0 spiro atoms. The van der Waals surface area contributed by atoms with Crippen LogP contribution in [0.15, 0.2) is 23.1 Å². The topological polar surface area (TPSA) is 59.3 Å². The van der Waals surface area contributed by atoms with E-state index in [9.17, 15) is 22.8 Å². The van der Waals surface area contributed by atoms with Gasteiger partial charge < -0.3 is 9.67 Å². The van der Waals surface area contributed by atoms with Crippen LogP contribution in [0.3, 0.4) is 0 Å². The van der Waals surface area contributed by atoms with E-state index in [1.807, 2.05) is 0 Å². The molecule has 8 heteroatoms. The number of alkyl halides is 3. The minimum atomic E-state index is -4.79. The lowest BCUT2D eigenvalue weighted by Crippen LogP contribution is -2.22. The number of aromatic nitrogens is 1. The van der Waals surface area contributed by atoms with Gasteiger partial charge in [-0.25, -0.2) is 4.79 Å². The van der Waals surface area contributed by atoms with E-state index in [1.54, 1.807) is 6.92 Å². The number of carboxylic acid groups (broad SMARTS) is 1. The van der Waals surface area contributed by atoms with Crippen molar-refractivity contribution in [1.82, 2.24) is 4.57 Å². The van der Waals surface area contributed by atoms with Crippen LogP contribution in [-0.2, 0) is 12.7 Å². The largest absolute Gasteiger partial charge is 0.477 e. The van der Waals surface area contributed by atoms with E-state index >= 15 is 0 Å². The Bertz CT molecular complexity index is 796. The van der Waals surface area contributed by atoms with Gasteiger partial charge in [0.1, 0.15) is 5.56 Å². The smallest absolute Gasteiger partial charge is 0.417 e. The average molecular weight is 320 g/mol. The molecule has 2 aromatic rings. The van der Waals surface area contributed by atoms with Crippen LogP contribution in [0.4, 0.5) is 13.2 Å². The number of halogens is 4. The molecule has 0 aliphatic rings. The van der Waals surface area contributed by atoms with Crippen molar-refractivity contribution >= 4 is 28.5 Å². The first kappa shape index (κ1) is 15.4. The van der Waals surface area contributed by atoms with Gasteiger partial charge in [0.25, 0.3) is 0 Å². The van der Waals surface area contributed by atoms with Crippen molar-refractivity contribution in [2.24, 2.45) is 0 Å². The summed E-state index contributed by atoms with van der Waals surface area (Å²) in [7, 11) is 0. The van der Waals surface area contributed by atoms with Crippen LogP contribution < -0.4 is 5.43 Å². The second kappa shape index (κ2) is 5.07. The Morgan fingerprint density at radius 2 is 2.00 bits per heavy atom. The SMILES string of the molecule is CCn1cc(C(=O)O)c(=O)c2c(C(F)(F)F)ccc(Cl)c21. The monoisotopic (exact) mass is 319 g/mol. The molecular weight excluding hydrogens is 311 g/mol. The van der Waals surface area contributed by atoms with E-state index < -0.39 is 34.1 Å². The maximum atomic E-state index is 13.1. The molecule has 0 fully saturated rings. The molecule has 0 aliphatic heterocycles. The molecule has 0 unspecified atom stereocenters. The van der Waals surface area contributed by atoms with Gasteiger partial charge in [-0.3, -0.25) is 4.79 Å². The van der Waals surface area contributed by atoms with Crippen LogP contribution in [0.5, 0.6) is 0 Å². The van der Waals surface area contributed by atoms with Crippen molar-refractivity contribution in [1.29, 1.82) is 0 Å². The number of fused-ring (bicyclic) bond motifs is 1. The van der Waals surface area contributed by atoms with Crippen LogP contribution in [0.2, 0.25) is 5.02 Å². The lowest BCUT2D eigenvalue weighted by atomic mass is 10.0. The van der Waals surface area contributed by atoms with Crippen molar-refractivity contribution in [2.75, 3.05) is 0 Å². The van der Waals surface area contributed by atoms with Crippen molar-refractivity contribution in [2.45, 2.75) is 19.6 Å². The van der Waals surface area contributed by atoms with Crippen LogP contribution in [0.1, 0.15) is 22.8 Å². The third kappa shape index (κ3) is 2.49. The normalized spacial score (nSPS) is 11.9. The zero-order chi connectivity index (χ0) is 15.9. The molecule has 1 aromatic heterocycles. The molecule has 21 heavy (non-hydrogen) atoms. The van der Waals surface area contributed by atoms with Crippen molar-refractivity contribution in [3.8, 4) is 0 Å². The fourth-order valence-corrected chi connectivity index (χ4v) is 2.39. The highest BCUT2D eigenvalue weighted by atomic mass is 35.5. The van der Waals surface area contributed by atoms with Crippen molar-refractivity contribution < 1.29 is 23.1 Å². The van der Waals surface area contributed by atoms with Gasteiger partial charge in [-0.2, -0.15) is 13.2 Å². The molecule has 1 heterocycles. The van der Waals surface area contributed by atoms with Gasteiger partial charge in [0.05, 0.1) is 21.5 Å². The summed E-state index contributed by atoms with van der Waals surface area (Å²) in [5.41, 5.74) is -3.24. The molecule has 1 N–H and O–H groups in total. The molecule has 0 saturated heterocycles. The number of pyridine rings is 1. The Morgan fingerprint density at radius 1 is 1.38 bits per heavy atom. The number of nitrogens with zero attached hydrogens (tertiary/aromatic N) is 1. The van der Waals surface area contributed by atoms with Gasteiger partial charge in [-0.1, -0.05) is 11.6 Å². The third-order valence-electron chi connectivity index (χ3n) is 3.05. The second-order valence-electron chi connectivity index (χ2n) is 4.28. The first-order chi connectivity index (χ1) is 9.68. The Hall–Kier alpha value is -2.02. The highest BCUT2D eigenvalue weighted by Crippen LogP contribution is 2.36. The van der Waals surface area contributed by atoms with E-state index in [1.165, 1.54) is 4.57 Å². The maximum absolute atomic E-state index is 13.1. The number of hydrogen-bond donors (Lipinski definition) is 1. The minimum Gasteiger partial charge on any atom is -0.477 e. The zero-order valence-corrected chi connectivity index (χ0v) is 11.4. The van der Waals surface area contributed by atoms with Gasteiger partial charge in [0, 0.05) is 12.7 Å². The fraction of sp³-hybridized carbons (Fsp3) is 0.231. The number of carboxylic acids is 1. The molecule has 112 valence electrons. The van der Waals surface area contributed by atoms with E-state index in [2.05, 4.69) is 0 Å². The quantitative estimate of drug-likeness (QED) is 0.923. The predicted octanol–water partition coefficient (Wildman–Crippen LogP) is 3.39. The number of aromatic carboxylic acids is 1. The molecule has 0 aliphatic carbocycles. The van der Waals surface area contributed by atoms with Gasteiger partial charge in [0.2, 0.25) is 5.43 Å². The van der Waals surface area contributed by atoms with Gasteiger partial charge >= 0.3 is 12.1 Å². The van der Waals surface area contributed by atoms with E-state index in [4.69, 9.17) is 16.7 Å². The fourth-order valence-electron chi connectivity index (χ4n) is 2.13. The summed E-state index contributed by atoms with van der Waals surface area (Å²) < 4.78 is 40.4. The van der Waals surface area contributed by atoms with Crippen LogP contribution in [0.25, 0.3) is 10.9 Å². The molecule has 0 radical (unpaired) electrons. The predicted molar refractivity (Wildman–Crippen MR) is 70.9 cm³/mol. The summed E-state index contributed by atoms with van der Waals surface area (Å²) in [6.07, 6.45) is -3.79. The Balaban J connectivity index is 3.12. The zero-order valence-electron chi connectivity index (χ0n) is 10.7. The maximum Gasteiger partial charge on any atom is 0.417 e. The molecule has 0 atom stereocenters. The number of hydrogen-bond acceptors (Lipinski definition) is 2. The van der Waals surface area contributed by atoms with E-state index in [0.29, 0.717) is 6.07 Å². The highest BCUT2D eigenvalue weighted by Gasteiger charge is 2.35. The van der Waals surface area contributed by atoms with Crippen molar-refractivity contribution in [3.05, 3.63) is 44.7 Å². The van der Waals surface area contributed by atoms with Gasteiger partial charge in [-0.05, 0) is 19.1 Å². The molecule has 0 bridgehead atoms. The minimum absolute atomic E-state index is 0.0473. The average Bonchev–Trinajstić information content (AvgIpc) is 2.38. The summed E-state index contributed by atoms with van der Waals surface area (Å²) in [5.74, 6) is -1.59. The molecule has 0 amide bonds. The molecule has 4 nitrogen and oxygen atoms in total. The molecular formula is C13H9ClF3NO3. The number of rotatable bonds is 2. The van der Waals surface area contributed by atoms with E-state index in [0.717, 1.165) is 12.3 Å². The summed E-state index contributed by atoms with van der Waals surface area (Å²) in [6.45, 7) is 1.77. The Labute approximate surface area is 121 Å². The standard InChI is InChI=1S/C13H9ClF3NO3/c1-2-18-5-6(12(20)21)11(19)9-7(13(15,16)17)3-4-8(14)10(9)18/h3-5H,2H2,1H3,(H,20,21). The second-order valence-corrected chi connectivity index (χ2v) is 4.69. The summed E-state index contributed by atoms with van der Waals surface area (Å²) in [5, 5.41) is 8.21. The number of carbonyl (C=O) groups is 1. The van der Waals surface area contributed by atoms with Gasteiger partial charge in [-0.15, -0.1) is 0 Å². The first-order valence-corrected chi connectivity index (χ1v) is 6.22. The molecule has 2 rings (SSSR count). The third-order valence-corrected chi connectivity index (χ3v) is 3.35. The van der Waals surface area contributed by atoms with Crippen molar-refractivity contribution in [3.63, 3.8) is 0 Å². The first-order valence-electron chi connectivity index (χ1n) is 5.84. The lowest BCUT2D eigenvalue weighted by Gasteiger charge is -2.15. The lowest BCUT2D eigenvalue weighted by molar-refractivity contribution is -0.136. The molecule has 1 aromatic carbocycles. The Morgan fingerprint density at radius 3 is 2.48 bits per heavy atom. The summed E-state index contributed by atoms with van der Waals surface area (Å²) in [4.78, 5) is 23.2. The molecule has 0 saturated carbocycles. The number of aryl methyl sites for hydroxylation is 1. The van der Waals surface area contributed by atoms with Crippen LogP contribution in [-0.4, -0.2) is 15.6 Å². The summed E-state index contributed by atoms with van der Waals surface area (Å²) in [6, 6.07) is 1.72. The highest BCUT2D eigenvalue weighted by molar-refractivity contribution is 6.35. The number of benzene rings is 1.